The Morgan fingerprint density at radius 1 is 1.29 bits per heavy atom. The van der Waals surface area contributed by atoms with Crippen LogP contribution in [-0.2, 0) is 5.88 Å². The number of halogens is 1. The second-order valence-electron chi connectivity index (χ2n) is 4.39. The Bertz CT molecular complexity index is 431. The second-order valence-corrected chi connectivity index (χ2v) is 4.65. The van der Waals surface area contributed by atoms with E-state index in [1.807, 2.05) is 18.2 Å². The first-order chi connectivity index (χ1) is 8.24. The van der Waals surface area contributed by atoms with Crippen LogP contribution in [0.4, 0.5) is 5.69 Å². The summed E-state index contributed by atoms with van der Waals surface area (Å²) in [5.74, 6) is 0.456. The molecular weight excluding hydrogens is 234 g/mol. The van der Waals surface area contributed by atoms with Crippen LogP contribution in [0.25, 0.3) is 0 Å². The van der Waals surface area contributed by atoms with E-state index in [-0.39, 0.29) is 0 Å². The quantitative estimate of drug-likeness (QED) is 0.752. The number of likely N-dealkylation sites (N-methyl/N-ethyl adjacent to an activating group) is 1. The molecule has 1 fully saturated rings. The number of rotatable bonds is 2. The molecule has 1 aliphatic rings. The lowest BCUT2D eigenvalue weighted by Gasteiger charge is -2.34. The van der Waals surface area contributed by atoms with Crippen molar-refractivity contribution in [2.75, 3.05) is 38.1 Å². The zero-order valence-electron chi connectivity index (χ0n) is 9.99. The minimum Gasteiger partial charge on any atom is -0.368 e. The molecule has 1 aromatic carbocycles. The maximum atomic E-state index is 9.19. The SMILES string of the molecule is CN1CCN(c2ccc(CCl)cc2C#N)CC1. The molecule has 0 aliphatic carbocycles. The summed E-state index contributed by atoms with van der Waals surface area (Å²) in [5, 5.41) is 9.19. The Labute approximate surface area is 107 Å². The molecule has 1 aromatic rings. The molecule has 4 heteroatoms. The summed E-state index contributed by atoms with van der Waals surface area (Å²) >= 11 is 5.78. The fourth-order valence-electron chi connectivity index (χ4n) is 2.08. The molecule has 1 aliphatic heterocycles. The van der Waals surface area contributed by atoms with E-state index in [0.717, 1.165) is 43.0 Å². The van der Waals surface area contributed by atoms with Crippen molar-refractivity contribution in [2.24, 2.45) is 0 Å². The van der Waals surface area contributed by atoms with E-state index in [1.165, 1.54) is 0 Å². The third kappa shape index (κ3) is 2.71. The molecule has 17 heavy (non-hydrogen) atoms. The zero-order chi connectivity index (χ0) is 12.3. The van der Waals surface area contributed by atoms with Crippen LogP contribution in [-0.4, -0.2) is 38.1 Å². The summed E-state index contributed by atoms with van der Waals surface area (Å²) in [6.45, 7) is 4.04. The van der Waals surface area contributed by atoms with Crippen LogP contribution < -0.4 is 4.90 Å². The van der Waals surface area contributed by atoms with Gasteiger partial charge < -0.3 is 9.80 Å². The predicted octanol–water partition coefficient (Wildman–Crippen LogP) is 2.05. The van der Waals surface area contributed by atoms with E-state index >= 15 is 0 Å². The highest BCUT2D eigenvalue weighted by Crippen LogP contribution is 2.23. The Morgan fingerprint density at radius 2 is 2.00 bits per heavy atom. The molecule has 3 nitrogen and oxygen atoms in total. The molecule has 0 radical (unpaired) electrons. The number of nitriles is 1. The number of benzene rings is 1. The third-order valence-electron chi connectivity index (χ3n) is 3.18. The van der Waals surface area contributed by atoms with E-state index in [4.69, 9.17) is 11.6 Å². The maximum absolute atomic E-state index is 9.19. The van der Waals surface area contributed by atoms with E-state index in [0.29, 0.717) is 5.88 Å². The summed E-state index contributed by atoms with van der Waals surface area (Å²) in [5.41, 5.74) is 2.77. The fraction of sp³-hybridized carbons (Fsp3) is 0.462. The van der Waals surface area contributed by atoms with Crippen LogP contribution in [0.2, 0.25) is 0 Å². The highest BCUT2D eigenvalue weighted by Gasteiger charge is 2.17. The minimum absolute atomic E-state index is 0.456. The van der Waals surface area contributed by atoms with Crippen molar-refractivity contribution in [3.8, 4) is 6.07 Å². The van der Waals surface area contributed by atoms with Gasteiger partial charge in [0.25, 0.3) is 0 Å². The van der Waals surface area contributed by atoms with Crippen molar-refractivity contribution < 1.29 is 0 Å². The van der Waals surface area contributed by atoms with Gasteiger partial charge in [-0.05, 0) is 24.7 Å². The Balaban J connectivity index is 2.23. The molecular formula is C13H16ClN3. The molecule has 1 heterocycles. The lowest BCUT2D eigenvalue weighted by Crippen LogP contribution is -2.44. The molecule has 0 bridgehead atoms. The van der Waals surface area contributed by atoms with Crippen molar-refractivity contribution in [2.45, 2.75) is 5.88 Å². The van der Waals surface area contributed by atoms with E-state index in [1.54, 1.807) is 0 Å². The van der Waals surface area contributed by atoms with Gasteiger partial charge in [0, 0.05) is 32.1 Å². The van der Waals surface area contributed by atoms with Gasteiger partial charge in [0.2, 0.25) is 0 Å². The number of nitrogens with zero attached hydrogens (tertiary/aromatic N) is 3. The van der Waals surface area contributed by atoms with Crippen LogP contribution in [0.3, 0.4) is 0 Å². The van der Waals surface area contributed by atoms with Gasteiger partial charge in [0.1, 0.15) is 6.07 Å². The number of alkyl halides is 1. The van der Waals surface area contributed by atoms with Crippen LogP contribution in [0.15, 0.2) is 18.2 Å². The highest BCUT2D eigenvalue weighted by molar-refractivity contribution is 6.17. The summed E-state index contributed by atoms with van der Waals surface area (Å²) in [6.07, 6.45) is 0. The molecule has 0 aromatic heterocycles. The van der Waals surface area contributed by atoms with Crippen LogP contribution in [0.5, 0.6) is 0 Å². The fourth-order valence-corrected chi connectivity index (χ4v) is 2.25. The number of anilines is 1. The molecule has 0 N–H and O–H groups in total. The minimum atomic E-state index is 0.456. The van der Waals surface area contributed by atoms with Crippen molar-refractivity contribution in [3.63, 3.8) is 0 Å². The van der Waals surface area contributed by atoms with Crippen molar-refractivity contribution >= 4 is 17.3 Å². The lowest BCUT2D eigenvalue weighted by molar-refractivity contribution is 0.313. The summed E-state index contributed by atoms with van der Waals surface area (Å²) < 4.78 is 0. The first kappa shape index (κ1) is 12.2. The van der Waals surface area contributed by atoms with Crippen LogP contribution >= 0.6 is 11.6 Å². The lowest BCUT2D eigenvalue weighted by atomic mass is 10.1. The Hall–Kier alpha value is -1.24. The second kappa shape index (κ2) is 5.39. The summed E-state index contributed by atoms with van der Waals surface area (Å²) in [6, 6.07) is 8.17. The standard InChI is InChI=1S/C13H16ClN3/c1-16-4-6-17(7-5-16)13-3-2-11(9-14)8-12(13)10-15/h2-3,8H,4-7,9H2,1H3. The van der Waals surface area contributed by atoms with Gasteiger partial charge in [-0.3, -0.25) is 0 Å². The van der Waals surface area contributed by atoms with Gasteiger partial charge in [-0.15, -0.1) is 11.6 Å². The summed E-state index contributed by atoms with van der Waals surface area (Å²) in [7, 11) is 2.12. The smallest absolute Gasteiger partial charge is 0.101 e. The number of hydrogen-bond acceptors (Lipinski definition) is 3. The van der Waals surface area contributed by atoms with Gasteiger partial charge in [-0.2, -0.15) is 5.26 Å². The average Bonchev–Trinajstić information content (AvgIpc) is 2.39. The van der Waals surface area contributed by atoms with Gasteiger partial charge >= 0.3 is 0 Å². The molecule has 1 saturated heterocycles. The van der Waals surface area contributed by atoms with E-state index in [9.17, 15) is 5.26 Å². The predicted molar refractivity (Wildman–Crippen MR) is 70.4 cm³/mol. The average molecular weight is 250 g/mol. The molecule has 0 amide bonds. The number of hydrogen-bond donors (Lipinski definition) is 0. The van der Waals surface area contributed by atoms with Gasteiger partial charge in [0.05, 0.1) is 11.3 Å². The Morgan fingerprint density at radius 3 is 2.59 bits per heavy atom. The van der Waals surface area contributed by atoms with E-state index < -0.39 is 0 Å². The molecule has 0 atom stereocenters. The monoisotopic (exact) mass is 249 g/mol. The molecule has 0 saturated carbocycles. The third-order valence-corrected chi connectivity index (χ3v) is 3.49. The molecule has 0 unspecified atom stereocenters. The van der Waals surface area contributed by atoms with Crippen LogP contribution in [0.1, 0.15) is 11.1 Å². The van der Waals surface area contributed by atoms with Gasteiger partial charge in [-0.1, -0.05) is 6.07 Å². The van der Waals surface area contributed by atoms with Crippen molar-refractivity contribution in [1.29, 1.82) is 5.26 Å². The zero-order valence-corrected chi connectivity index (χ0v) is 10.7. The highest BCUT2D eigenvalue weighted by atomic mass is 35.5. The van der Waals surface area contributed by atoms with Gasteiger partial charge in [-0.25, -0.2) is 0 Å². The van der Waals surface area contributed by atoms with Gasteiger partial charge in [0.15, 0.2) is 0 Å². The van der Waals surface area contributed by atoms with Crippen LogP contribution in [0, 0.1) is 11.3 Å². The first-order valence-corrected chi connectivity index (χ1v) is 6.30. The topological polar surface area (TPSA) is 30.3 Å². The Kier molecular flexibility index (Phi) is 3.88. The summed E-state index contributed by atoms with van der Waals surface area (Å²) in [4.78, 5) is 4.58. The maximum Gasteiger partial charge on any atom is 0.101 e. The first-order valence-electron chi connectivity index (χ1n) is 5.77. The largest absolute Gasteiger partial charge is 0.368 e. The molecule has 90 valence electrons. The molecule has 2 rings (SSSR count). The molecule has 0 spiro atoms. The normalized spacial score (nSPS) is 16.9. The number of piperazine rings is 1. The van der Waals surface area contributed by atoms with Crippen molar-refractivity contribution in [1.82, 2.24) is 4.90 Å². The van der Waals surface area contributed by atoms with Crippen molar-refractivity contribution in [3.05, 3.63) is 29.3 Å². The van der Waals surface area contributed by atoms with E-state index in [2.05, 4.69) is 22.9 Å².